The Bertz CT molecular complexity index is 1060. The quantitative estimate of drug-likeness (QED) is 0.544. The van der Waals surface area contributed by atoms with Crippen molar-refractivity contribution in [3.8, 4) is 0 Å². The predicted molar refractivity (Wildman–Crippen MR) is 128 cm³/mol. The number of ether oxygens (including phenoxy) is 2. The summed E-state index contributed by atoms with van der Waals surface area (Å²) in [5.74, 6) is -2.14. The fourth-order valence-corrected chi connectivity index (χ4v) is 5.51. The molecule has 0 radical (unpaired) electrons. The molecule has 0 bridgehead atoms. The zero-order valence-electron chi connectivity index (χ0n) is 20.6. The van der Waals surface area contributed by atoms with Gasteiger partial charge in [-0.25, -0.2) is 5.01 Å². The molecule has 11 heteroatoms. The van der Waals surface area contributed by atoms with E-state index >= 15 is 0 Å². The van der Waals surface area contributed by atoms with Crippen LogP contribution in [0.15, 0.2) is 30.3 Å². The molecule has 3 saturated heterocycles. The summed E-state index contributed by atoms with van der Waals surface area (Å²) in [6, 6.07) is 5.92. The van der Waals surface area contributed by atoms with Crippen LogP contribution >= 0.6 is 0 Å². The summed E-state index contributed by atoms with van der Waals surface area (Å²) < 4.78 is 11.3. The van der Waals surface area contributed by atoms with Gasteiger partial charge in [0, 0.05) is 18.5 Å². The second-order valence-corrected chi connectivity index (χ2v) is 10.0. The summed E-state index contributed by atoms with van der Waals surface area (Å²) >= 11 is 0. The molecule has 3 aliphatic heterocycles. The van der Waals surface area contributed by atoms with Crippen LogP contribution in [0.2, 0.25) is 0 Å². The number of carbonyl (C=O) groups is 5. The second kappa shape index (κ2) is 10.9. The van der Waals surface area contributed by atoms with Crippen molar-refractivity contribution < 1.29 is 33.4 Å². The third-order valence-corrected chi connectivity index (χ3v) is 7.42. The lowest BCUT2D eigenvalue weighted by atomic mass is 10.0. The molecule has 5 rings (SSSR count). The summed E-state index contributed by atoms with van der Waals surface area (Å²) in [6.45, 7) is 0.312. The number of hydrazine groups is 1. The maximum Gasteiger partial charge on any atom is 0.310 e. The third-order valence-electron chi connectivity index (χ3n) is 7.42. The lowest BCUT2D eigenvalue weighted by molar-refractivity contribution is -0.180. The highest BCUT2D eigenvalue weighted by atomic mass is 16.7. The number of amides is 4. The fraction of sp³-hybridized carbons (Fsp3) is 0.577. The van der Waals surface area contributed by atoms with Gasteiger partial charge in [-0.1, -0.05) is 31.0 Å². The molecule has 2 N–H and O–H groups in total. The molecule has 3 heterocycles. The van der Waals surface area contributed by atoms with Crippen LogP contribution in [0.25, 0.3) is 0 Å². The molecule has 37 heavy (non-hydrogen) atoms. The fourth-order valence-electron chi connectivity index (χ4n) is 5.51. The Morgan fingerprint density at radius 2 is 1.70 bits per heavy atom. The normalized spacial score (nSPS) is 28.5. The molecule has 1 aromatic carbocycles. The summed E-state index contributed by atoms with van der Waals surface area (Å²) in [7, 11) is 0. The zero-order chi connectivity index (χ0) is 25.9. The van der Waals surface area contributed by atoms with Gasteiger partial charge in [-0.15, -0.1) is 0 Å². The topological polar surface area (TPSA) is 134 Å². The van der Waals surface area contributed by atoms with Crippen molar-refractivity contribution in [2.24, 2.45) is 0 Å². The first-order chi connectivity index (χ1) is 17.9. The molecule has 4 atom stereocenters. The van der Waals surface area contributed by atoms with Crippen LogP contribution in [-0.4, -0.2) is 76.7 Å². The minimum Gasteiger partial charge on any atom is -0.433 e. The number of carbonyl (C=O) groups excluding carboxylic acids is 5. The van der Waals surface area contributed by atoms with E-state index in [1.807, 2.05) is 0 Å². The number of esters is 1. The molecule has 1 aliphatic carbocycles. The van der Waals surface area contributed by atoms with Crippen LogP contribution < -0.4 is 10.6 Å². The minimum absolute atomic E-state index is 0.0146. The number of hydrogen-bond acceptors (Lipinski definition) is 7. The lowest BCUT2D eigenvalue weighted by Gasteiger charge is -2.43. The van der Waals surface area contributed by atoms with E-state index in [4.69, 9.17) is 9.47 Å². The van der Waals surface area contributed by atoms with E-state index in [1.54, 1.807) is 30.3 Å². The number of rotatable bonds is 6. The number of fused-ring (bicyclic) bond motifs is 1. The van der Waals surface area contributed by atoms with Crippen molar-refractivity contribution in [1.29, 1.82) is 0 Å². The van der Waals surface area contributed by atoms with Crippen LogP contribution in [0.3, 0.4) is 0 Å². The van der Waals surface area contributed by atoms with Crippen LogP contribution in [0.1, 0.15) is 68.1 Å². The van der Waals surface area contributed by atoms with Crippen molar-refractivity contribution in [1.82, 2.24) is 20.7 Å². The van der Waals surface area contributed by atoms with Gasteiger partial charge in [0.15, 0.2) is 0 Å². The third kappa shape index (κ3) is 5.46. The summed E-state index contributed by atoms with van der Waals surface area (Å²) in [5, 5.41) is 8.11. The average molecular weight is 513 g/mol. The van der Waals surface area contributed by atoms with Crippen molar-refractivity contribution in [3.63, 3.8) is 0 Å². The molecule has 4 amide bonds. The summed E-state index contributed by atoms with van der Waals surface area (Å²) in [4.78, 5) is 64.7. The van der Waals surface area contributed by atoms with Gasteiger partial charge in [0.05, 0.1) is 12.5 Å². The summed E-state index contributed by atoms with van der Waals surface area (Å²) in [5.41, 5.74) is 0.398. The zero-order valence-corrected chi connectivity index (χ0v) is 20.6. The van der Waals surface area contributed by atoms with Crippen molar-refractivity contribution in [2.45, 2.75) is 88.3 Å². The van der Waals surface area contributed by atoms with Crippen LogP contribution in [0.5, 0.6) is 0 Å². The molecule has 4 fully saturated rings. The molecule has 198 valence electrons. The molecule has 0 spiro atoms. The first-order valence-electron chi connectivity index (χ1n) is 13.1. The largest absolute Gasteiger partial charge is 0.433 e. The Balaban J connectivity index is 1.30. The number of nitrogens with zero attached hydrogens (tertiary/aromatic N) is 2. The standard InChI is InChI=1S/C26H32N4O7/c31-21-13-12-18(27-23(33)16-7-2-1-3-8-16)25(35)30-20(11-6-14-29(21)30)24(34)28-19-15-22(32)37-26(19)36-17-9-4-5-10-17/h1-3,7-8,17-20,26H,4-6,9-15H2,(H,27,33)(H,28,34). The first-order valence-corrected chi connectivity index (χ1v) is 13.1. The molecular weight excluding hydrogens is 480 g/mol. The number of cyclic esters (lactones) is 1. The predicted octanol–water partition coefficient (Wildman–Crippen LogP) is 1.03. The molecule has 1 aromatic rings. The van der Waals surface area contributed by atoms with E-state index in [0.29, 0.717) is 24.9 Å². The molecule has 0 aromatic heterocycles. The SMILES string of the molecule is O=C1CC(NC(=O)C2CCCN3C(=O)CCC(NC(=O)c4ccccc4)C(=O)N23)C(OC2CCCC2)O1. The van der Waals surface area contributed by atoms with Gasteiger partial charge in [0.2, 0.25) is 18.1 Å². The highest BCUT2D eigenvalue weighted by molar-refractivity contribution is 5.99. The van der Waals surface area contributed by atoms with E-state index in [2.05, 4.69) is 10.6 Å². The molecular formula is C26H32N4O7. The van der Waals surface area contributed by atoms with E-state index in [9.17, 15) is 24.0 Å². The monoisotopic (exact) mass is 512 g/mol. The lowest BCUT2D eigenvalue weighted by Crippen LogP contribution is -2.64. The van der Waals surface area contributed by atoms with Crippen molar-refractivity contribution in [2.75, 3.05) is 6.54 Å². The summed E-state index contributed by atoms with van der Waals surface area (Å²) in [6.07, 6.45) is 4.03. The minimum atomic E-state index is -0.956. The van der Waals surface area contributed by atoms with Gasteiger partial charge >= 0.3 is 5.97 Å². The van der Waals surface area contributed by atoms with Gasteiger partial charge in [0.1, 0.15) is 18.1 Å². The number of hydrogen-bond donors (Lipinski definition) is 2. The van der Waals surface area contributed by atoms with E-state index < -0.39 is 48.1 Å². The second-order valence-electron chi connectivity index (χ2n) is 10.0. The van der Waals surface area contributed by atoms with Crippen molar-refractivity contribution >= 4 is 29.6 Å². The van der Waals surface area contributed by atoms with Gasteiger partial charge in [-0.05, 0) is 44.2 Å². The van der Waals surface area contributed by atoms with E-state index in [1.165, 1.54) is 10.0 Å². The Morgan fingerprint density at radius 1 is 0.946 bits per heavy atom. The van der Waals surface area contributed by atoms with Crippen LogP contribution in [-0.2, 0) is 28.7 Å². The van der Waals surface area contributed by atoms with Gasteiger partial charge in [-0.3, -0.25) is 29.0 Å². The van der Waals surface area contributed by atoms with Crippen LogP contribution in [0, 0.1) is 0 Å². The Morgan fingerprint density at radius 3 is 2.46 bits per heavy atom. The molecule has 11 nitrogen and oxygen atoms in total. The highest BCUT2D eigenvalue weighted by Crippen LogP contribution is 2.28. The van der Waals surface area contributed by atoms with Crippen molar-refractivity contribution in [3.05, 3.63) is 35.9 Å². The number of benzene rings is 1. The number of nitrogens with one attached hydrogen (secondary N) is 2. The molecule has 4 unspecified atom stereocenters. The van der Waals surface area contributed by atoms with E-state index in [-0.39, 0.29) is 31.3 Å². The Labute approximate surface area is 214 Å². The van der Waals surface area contributed by atoms with Crippen LogP contribution in [0.4, 0.5) is 0 Å². The smallest absolute Gasteiger partial charge is 0.310 e. The van der Waals surface area contributed by atoms with Gasteiger partial charge in [0.25, 0.3) is 11.8 Å². The van der Waals surface area contributed by atoms with E-state index in [0.717, 1.165) is 25.7 Å². The maximum absolute atomic E-state index is 13.6. The Hall–Kier alpha value is -3.47. The van der Waals surface area contributed by atoms with Gasteiger partial charge in [-0.2, -0.15) is 0 Å². The Kier molecular flexibility index (Phi) is 7.40. The highest BCUT2D eigenvalue weighted by Gasteiger charge is 2.46. The average Bonchev–Trinajstić information content (AvgIpc) is 3.52. The van der Waals surface area contributed by atoms with Gasteiger partial charge < -0.3 is 20.1 Å². The molecule has 1 saturated carbocycles. The first kappa shape index (κ1) is 25.2. The molecule has 4 aliphatic rings. The maximum atomic E-state index is 13.6.